The van der Waals surface area contributed by atoms with Crippen molar-refractivity contribution in [3.8, 4) is 0 Å². The van der Waals surface area contributed by atoms with Crippen LogP contribution >= 0.6 is 0 Å². The summed E-state index contributed by atoms with van der Waals surface area (Å²) in [7, 11) is 0. The van der Waals surface area contributed by atoms with Gasteiger partial charge in [0.05, 0.1) is 5.60 Å². The van der Waals surface area contributed by atoms with Crippen LogP contribution in [-0.2, 0) is 4.74 Å². The van der Waals surface area contributed by atoms with Crippen molar-refractivity contribution in [1.82, 2.24) is 9.97 Å². The lowest BCUT2D eigenvalue weighted by atomic mass is 9.94. The van der Waals surface area contributed by atoms with Crippen LogP contribution in [0.3, 0.4) is 0 Å². The summed E-state index contributed by atoms with van der Waals surface area (Å²) >= 11 is 0. The highest BCUT2D eigenvalue weighted by Gasteiger charge is 2.29. The molecule has 1 aromatic heterocycles. The molecule has 1 aliphatic heterocycles. The van der Waals surface area contributed by atoms with Crippen LogP contribution in [-0.4, -0.2) is 40.4 Å². The molecule has 0 saturated carbocycles. The van der Waals surface area contributed by atoms with Gasteiger partial charge in [-0.1, -0.05) is 18.2 Å². The van der Waals surface area contributed by atoms with Gasteiger partial charge in [0.1, 0.15) is 17.5 Å². The van der Waals surface area contributed by atoms with Crippen LogP contribution in [0, 0.1) is 6.92 Å². The van der Waals surface area contributed by atoms with E-state index in [1.807, 2.05) is 43.3 Å². The molecular formula is C17H22N4O2. The first-order valence-corrected chi connectivity index (χ1v) is 7.85. The highest BCUT2D eigenvalue weighted by atomic mass is 16.5. The normalized spacial score (nSPS) is 16.8. The quantitative estimate of drug-likeness (QED) is 0.787. The van der Waals surface area contributed by atoms with Crippen molar-refractivity contribution in [2.24, 2.45) is 0 Å². The van der Waals surface area contributed by atoms with Gasteiger partial charge in [0.25, 0.3) is 0 Å². The van der Waals surface area contributed by atoms with E-state index in [0.29, 0.717) is 44.2 Å². The largest absolute Gasteiger partial charge is 0.388 e. The number of aromatic nitrogens is 2. The lowest BCUT2D eigenvalue weighted by Crippen LogP contribution is -2.42. The molecule has 0 bridgehead atoms. The lowest BCUT2D eigenvalue weighted by Gasteiger charge is -2.32. The van der Waals surface area contributed by atoms with E-state index >= 15 is 0 Å². The van der Waals surface area contributed by atoms with E-state index in [9.17, 15) is 5.11 Å². The Kier molecular flexibility index (Phi) is 4.73. The molecule has 3 N–H and O–H groups in total. The van der Waals surface area contributed by atoms with Crippen molar-refractivity contribution < 1.29 is 9.84 Å². The van der Waals surface area contributed by atoms with Gasteiger partial charge in [0, 0.05) is 44.4 Å². The van der Waals surface area contributed by atoms with Gasteiger partial charge < -0.3 is 20.5 Å². The second kappa shape index (κ2) is 6.93. The minimum Gasteiger partial charge on any atom is -0.388 e. The second-order valence-corrected chi connectivity index (χ2v) is 5.87. The number of hydrogen-bond acceptors (Lipinski definition) is 6. The Morgan fingerprint density at radius 2 is 1.83 bits per heavy atom. The Morgan fingerprint density at radius 1 is 1.13 bits per heavy atom. The molecule has 0 spiro atoms. The summed E-state index contributed by atoms with van der Waals surface area (Å²) in [5, 5.41) is 17.0. The fourth-order valence-electron chi connectivity index (χ4n) is 2.57. The number of nitrogens with zero attached hydrogens (tertiary/aromatic N) is 2. The number of rotatable bonds is 5. The molecule has 1 saturated heterocycles. The smallest absolute Gasteiger partial charge is 0.136 e. The van der Waals surface area contributed by atoms with E-state index in [-0.39, 0.29) is 0 Å². The van der Waals surface area contributed by atoms with Crippen LogP contribution in [0.5, 0.6) is 0 Å². The highest BCUT2D eigenvalue weighted by molar-refractivity contribution is 5.59. The predicted octanol–water partition coefficient (Wildman–Crippen LogP) is 2.48. The van der Waals surface area contributed by atoms with Crippen LogP contribution in [0.15, 0.2) is 36.4 Å². The molecule has 2 aromatic rings. The van der Waals surface area contributed by atoms with Gasteiger partial charge in [-0.15, -0.1) is 0 Å². The topological polar surface area (TPSA) is 79.3 Å². The Morgan fingerprint density at radius 3 is 2.57 bits per heavy atom. The van der Waals surface area contributed by atoms with Crippen LogP contribution in [0.1, 0.15) is 18.7 Å². The van der Waals surface area contributed by atoms with E-state index in [4.69, 9.17) is 4.74 Å². The Labute approximate surface area is 135 Å². The average molecular weight is 314 g/mol. The minimum absolute atomic E-state index is 0.456. The number of ether oxygens (including phenoxy) is 1. The first-order valence-electron chi connectivity index (χ1n) is 7.85. The van der Waals surface area contributed by atoms with Crippen LogP contribution in [0.2, 0.25) is 0 Å². The molecule has 0 radical (unpaired) electrons. The highest BCUT2D eigenvalue weighted by Crippen LogP contribution is 2.22. The lowest BCUT2D eigenvalue weighted by molar-refractivity contribution is -0.0543. The first kappa shape index (κ1) is 15.7. The minimum atomic E-state index is -0.732. The van der Waals surface area contributed by atoms with Crippen LogP contribution < -0.4 is 10.6 Å². The molecule has 1 aromatic carbocycles. The van der Waals surface area contributed by atoms with Crippen molar-refractivity contribution >= 4 is 17.3 Å². The summed E-state index contributed by atoms with van der Waals surface area (Å²) in [4.78, 5) is 8.78. The van der Waals surface area contributed by atoms with E-state index < -0.39 is 5.60 Å². The molecular weight excluding hydrogens is 292 g/mol. The molecule has 0 atom stereocenters. The molecule has 3 rings (SSSR count). The second-order valence-electron chi connectivity index (χ2n) is 5.87. The molecule has 6 heteroatoms. The zero-order valence-electron chi connectivity index (χ0n) is 13.2. The molecule has 1 aliphatic rings. The van der Waals surface area contributed by atoms with Gasteiger partial charge in [-0.2, -0.15) is 0 Å². The molecule has 122 valence electrons. The molecule has 23 heavy (non-hydrogen) atoms. The Bertz CT molecular complexity index is 642. The fraction of sp³-hybridized carbons (Fsp3) is 0.412. The van der Waals surface area contributed by atoms with Crippen molar-refractivity contribution in [3.05, 3.63) is 42.2 Å². The molecule has 1 fully saturated rings. The maximum atomic E-state index is 10.5. The number of nitrogens with one attached hydrogen (secondary N) is 2. The summed E-state index contributed by atoms with van der Waals surface area (Å²) in [6.07, 6.45) is 1.28. The van der Waals surface area contributed by atoms with Gasteiger partial charge in [0.2, 0.25) is 0 Å². The van der Waals surface area contributed by atoms with Gasteiger partial charge >= 0.3 is 0 Å². The van der Waals surface area contributed by atoms with Gasteiger partial charge in [-0.25, -0.2) is 9.97 Å². The molecule has 2 heterocycles. The SMILES string of the molecule is Cc1nc(NCC2(O)CCOCC2)cc(Nc2ccccc2)n1. The van der Waals surface area contributed by atoms with Crippen molar-refractivity contribution in [3.63, 3.8) is 0 Å². The maximum Gasteiger partial charge on any atom is 0.136 e. The van der Waals surface area contributed by atoms with Gasteiger partial charge in [-0.3, -0.25) is 0 Å². The van der Waals surface area contributed by atoms with Crippen molar-refractivity contribution in [2.75, 3.05) is 30.4 Å². The summed E-state index contributed by atoms with van der Waals surface area (Å²) in [6.45, 7) is 3.51. The van der Waals surface area contributed by atoms with E-state index in [2.05, 4.69) is 20.6 Å². The number of hydrogen-bond donors (Lipinski definition) is 3. The third-order valence-corrected chi connectivity index (χ3v) is 3.91. The number of para-hydroxylation sites is 1. The standard InChI is InChI=1S/C17H22N4O2/c1-13-19-15(18-12-17(22)7-9-23-10-8-17)11-16(20-13)21-14-5-3-2-4-6-14/h2-6,11,22H,7-10,12H2,1H3,(H2,18,19,20,21). The Balaban J connectivity index is 1.68. The fourth-order valence-corrected chi connectivity index (χ4v) is 2.57. The van der Waals surface area contributed by atoms with E-state index in [1.54, 1.807) is 0 Å². The third kappa shape index (κ3) is 4.40. The number of aliphatic hydroxyl groups is 1. The van der Waals surface area contributed by atoms with Crippen LogP contribution in [0.25, 0.3) is 0 Å². The molecule has 0 aliphatic carbocycles. The monoisotopic (exact) mass is 314 g/mol. The number of anilines is 3. The van der Waals surface area contributed by atoms with E-state index in [0.717, 1.165) is 11.5 Å². The molecule has 0 amide bonds. The molecule has 6 nitrogen and oxygen atoms in total. The van der Waals surface area contributed by atoms with E-state index in [1.165, 1.54) is 0 Å². The average Bonchev–Trinajstić information content (AvgIpc) is 2.54. The number of benzene rings is 1. The zero-order chi connectivity index (χ0) is 16.1. The molecule has 0 unspecified atom stereocenters. The van der Waals surface area contributed by atoms with Crippen molar-refractivity contribution in [2.45, 2.75) is 25.4 Å². The van der Waals surface area contributed by atoms with Gasteiger partial charge in [0.15, 0.2) is 0 Å². The summed E-state index contributed by atoms with van der Waals surface area (Å²) < 4.78 is 5.30. The van der Waals surface area contributed by atoms with Gasteiger partial charge in [-0.05, 0) is 19.1 Å². The summed E-state index contributed by atoms with van der Waals surface area (Å²) in [6, 6.07) is 11.7. The Hall–Kier alpha value is -2.18. The number of aryl methyl sites for hydroxylation is 1. The predicted molar refractivity (Wildman–Crippen MR) is 90.0 cm³/mol. The first-order chi connectivity index (χ1) is 11.1. The zero-order valence-corrected chi connectivity index (χ0v) is 13.2. The third-order valence-electron chi connectivity index (χ3n) is 3.91. The summed E-state index contributed by atoms with van der Waals surface area (Å²) in [5.74, 6) is 2.11. The summed E-state index contributed by atoms with van der Waals surface area (Å²) in [5.41, 5.74) is 0.240. The van der Waals surface area contributed by atoms with Crippen molar-refractivity contribution in [1.29, 1.82) is 0 Å². The van der Waals surface area contributed by atoms with Crippen LogP contribution in [0.4, 0.5) is 17.3 Å². The maximum absolute atomic E-state index is 10.5.